The van der Waals surface area contributed by atoms with E-state index < -0.39 is 17.6 Å². The summed E-state index contributed by atoms with van der Waals surface area (Å²) in [4.78, 5) is 14.5. The first kappa shape index (κ1) is 13.1. The summed E-state index contributed by atoms with van der Waals surface area (Å²) >= 11 is 0. The molecule has 0 saturated heterocycles. The molecule has 2 aromatic rings. The number of carbonyl (C=O) groups is 1. The van der Waals surface area contributed by atoms with E-state index in [1.807, 2.05) is 0 Å². The number of rotatable bonds is 3. The third-order valence-electron chi connectivity index (χ3n) is 2.43. The summed E-state index contributed by atoms with van der Waals surface area (Å²) in [5.41, 5.74) is 4.26. The summed E-state index contributed by atoms with van der Waals surface area (Å²) in [5, 5.41) is 5.90. The molecule has 2 rings (SSSR count). The summed E-state index contributed by atoms with van der Waals surface area (Å²) in [6.07, 6.45) is -4.56. The molecule has 1 amide bonds. The Bertz CT molecular complexity index is 606. The third kappa shape index (κ3) is 2.90. The van der Waals surface area contributed by atoms with E-state index in [2.05, 4.69) is 15.2 Å². The van der Waals surface area contributed by atoms with Crippen LogP contribution in [0.1, 0.15) is 27.6 Å². The Morgan fingerprint density at radius 3 is 2.58 bits per heavy atom. The first-order chi connectivity index (χ1) is 8.88. The number of hydrogen-bond acceptors (Lipinski definition) is 3. The lowest BCUT2D eigenvalue weighted by Gasteiger charge is -2.11. The maximum absolute atomic E-state index is 12.8. The molecule has 0 aliphatic heterocycles. The van der Waals surface area contributed by atoms with Gasteiger partial charge in [-0.2, -0.15) is 13.2 Å². The van der Waals surface area contributed by atoms with Gasteiger partial charge in [-0.15, -0.1) is 5.10 Å². The van der Waals surface area contributed by atoms with E-state index in [-0.39, 0.29) is 23.6 Å². The van der Waals surface area contributed by atoms with Gasteiger partial charge in [0.1, 0.15) is 5.82 Å². The van der Waals surface area contributed by atoms with Crippen molar-refractivity contribution < 1.29 is 18.0 Å². The van der Waals surface area contributed by atoms with Crippen LogP contribution in [0.25, 0.3) is 0 Å². The molecule has 1 aromatic heterocycles. The van der Waals surface area contributed by atoms with Gasteiger partial charge in [-0.1, -0.05) is 18.2 Å². The summed E-state index contributed by atoms with van der Waals surface area (Å²) < 4.78 is 38.3. The van der Waals surface area contributed by atoms with Gasteiger partial charge >= 0.3 is 6.18 Å². The van der Waals surface area contributed by atoms with E-state index in [1.54, 1.807) is 0 Å². The number of aromatic amines is 1. The number of carbonyl (C=O) groups excluding carboxylic acids is 1. The number of halogens is 3. The maximum atomic E-state index is 12.8. The second kappa shape index (κ2) is 4.71. The lowest BCUT2D eigenvalue weighted by molar-refractivity contribution is -0.138. The highest BCUT2D eigenvalue weighted by Crippen LogP contribution is 2.32. The lowest BCUT2D eigenvalue weighted by atomic mass is 10.0. The molecule has 0 bridgehead atoms. The normalized spacial score (nSPS) is 11.5. The number of hydrogen-bond donors (Lipinski definition) is 2. The van der Waals surface area contributed by atoms with Crippen molar-refractivity contribution in [1.82, 2.24) is 15.2 Å². The van der Waals surface area contributed by atoms with Crippen LogP contribution in [-0.4, -0.2) is 21.1 Å². The van der Waals surface area contributed by atoms with Crippen molar-refractivity contribution in [2.45, 2.75) is 12.6 Å². The average Bonchev–Trinajstić information content (AvgIpc) is 2.77. The zero-order valence-electron chi connectivity index (χ0n) is 9.53. The molecule has 100 valence electrons. The smallest absolute Gasteiger partial charge is 0.363 e. The van der Waals surface area contributed by atoms with E-state index in [9.17, 15) is 18.0 Å². The van der Waals surface area contributed by atoms with Gasteiger partial charge in [0.05, 0.1) is 5.56 Å². The number of benzene rings is 1. The first-order valence-electron chi connectivity index (χ1n) is 5.24. The van der Waals surface area contributed by atoms with E-state index >= 15 is 0 Å². The highest BCUT2D eigenvalue weighted by Gasteiger charge is 2.33. The number of aromatic nitrogens is 3. The molecule has 0 saturated carbocycles. The molecule has 3 N–H and O–H groups in total. The minimum absolute atomic E-state index is 0.0437. The minimum Gasteiger partial charge on any atom is -0.363 e. The van der Waals surface area contributed by atoms with Crippen LogP contribution < -0.4 is 5.73 Å². The molecular weight excluding hydrogens is 261 g/mol. The van der Waals surface area contributed by atoms with Gasteiger partial charge in [0, 0.05) is 6.42 Å². The fraction of sp³-hybridized carbons (Fsp3) is 0.182. The van der Waals surface area contributed by atoms with Crippen LogP contribution in [0.15, 0.2) is 24.3 Å². The Balaban J connectivity index is 2.30. The Morgan fingerprint density at radius 2 is 2.00 bits per heavy atom. The maximum Gasteiger partial charge on any atom is 0.416 e. The monoisotopic (exact) mass is 270 g/mol. The van der Waals surface area contributed by atoms with Gasteiger partial charge in [-0.05, 0) is 11.6 Å². The van der Waals surface area contributed by atoms with Crippen LogP contribution in [0.5, 0.6) is 0 Å². The van der Waals surface area contributed by atoms with Crippen LogP contribution in [0.3, 0.4) is 0 Å². The Kier molecular flexibility index (Phi) is 3.24. The molecular formula is C11H9F3N4O. The number of H-pyrrole nitrogens is 1. The van der Waals surface area contributed by atoms with Gasteiger partial charge in [0.2, 0.25) is 5.82 Å². The average molecular weight is 270 g/mol. The van der Waals surface area contributed by atoms with E-state index in [1.165, 1.54) is 18.2 Å². The SMILES string of the molecule is NC(=O)c1n[nH]c(Cc2ccccc2C(F)(F)F)n1. The lowest BCUT2D eigenvalue weighted by Crippen LogP contribution is -2.13. The second-order valence-electron chi connectivity index (χ2n) is 3.80. The van der Waals surface area contributed by atoms with E-state index in [0.29, 0.717) is 0 Å². The zero-order valence-corrected chi connectivity index (χ0v) is 9.53. The van der Waals surface area contributed by atoms with Crippen molar-refractivity contribution in [1.29, 1.82) is 0 Å². The molecule has 0 fully saturated rings. The molecule has 8 heteroatoms. The van der Waals surface area contributed by atoms with Gasteiger partial charge in [0.15, 0.2) is 0 Å². The summed E-state index contributed by atoms with van der Waals surface area (Å²) in [6, 6.07) is 5.13. The number of nitrogens with two attached hydrogens (primary N) is 1. The van der Waals surface area contributed by atoms with Crippen LogP contribution >= 0.6 is 0 Å². The molecule has 0 atom stereocenters. The van der Waals surface area contributed by atoms with Gasteiger partial charge in [-0.25, -0.2) is 4.98 Å². The van der Waals surface area contributed by atoms with Crippen molar-refractivity contribution in [2.24, 2.45) is 5.73 Å². The predicted molar refractivity (Wildman–Crippen MR) is 59.2 cm³/mol. The van der Waals surface area contributed by atoms with Gasteiger partial charge in [-0.3, -0.25) is 9.89 Å². The highest BCUT2D eigenvalue weighted by atomic mass is 19.4. The van der Waals surface area contributed by atoms with Crippen molar-refractivity contribution in [3.05, 3.63) is 47.0 Å². The predicted octanol–water partition coefficient (Wildman–Crippen LogP) is 1.51. The quantitative estimate of drug-likeness (QED) is 0.886. The van der Waals surface area contributed by atoms with Crippen LogP contribution in [0.4, 0.5) is 13.2 Å². The fourth-order valence-corrected chi connectivity index (χ4v) is 1.62. The van der Waals surface area contributed by atoms with Crippen molar-refractivity contribution >= 4 is 5.91 Å². The minimum atomic E-state index is -4.44. The molecule has 0 spiro atoms. The van der Waals surface area contributed by atoms with Gasteiger partial charge < -0.3 is 5.73 Å². The molecule has 1 heterocycles. The molecule has 1 aromatic carbocycles. The summed E-state index contributed by atoms with van der Waals surface area (Å²) in [7, 11) is 0. The zero-order chi connectivity index (χ0) is 14.0. The van der Waals surface area contributed by atoms with Crippen LogP contribution in [0.2, 0.25) is 0 Å². The van der Waals surface area contributed by atoms with Crippen molar-refractivity contribution in [3.63, 3.8) is 0 Å². The summed E-state index contributed by atoms with van der Waals surface area (Å²) in [5.74, 6) is -0.948. The molecule has 0 aliphatic rings. The topological polar surface area (TPSA) is 84.7 Å². The fourth-order valence-electron chi connectivity index (χ4n) is 1.62. The largest absolute Gasteiger partial charge is 0.416 e. The van der Waals surface area contributed by atoms with Crippen LogP contribution in [0, 0.1) is 0 Å². The number of nitrogens with zero attached hydrogens (tertiary/aromatic N) is 2. The molecule has 0 radical (unpaired) electrons. The molecule has 5 nitrogen and oxygen atoms in total. The van der Waals surface area contributed by atoms with Crippen molar-refractivity contribution in [2.75, 3.05) is 0 Å². The Hall–Kier alpha value is -2.38. The Labute approximate surface area is 105 Å². The number of amides is 1. The Morgan fingerprint density at radius 1 is 1.32 bits per heavy atom. The third-order valence-corrected chi connectivity index (χ3v) is 2.43. The highest BCUT2D eigenvalue weighted by molar-refractivity contribution is 5.88. The summed E-state index contributed by atoms with van der Waals surface area (Å²) in [6.45, 7) is 0. The molecule has 19 heavy (non-hydrogen) atoms. The number of nitrogens with one attached hydrogen (secondary N) is 1. The first-order valence-corrected chi connectivity index (χ1v) is 5.24. The number of primary amides is 1. The van der Waals surface area contributed by atoms with Gasteiger partial charge in [0.25, 0.3) is 5.91 Å². The molecule has 0 aliphatic carbocycles. The van der Waals surface area contributed by atoms with Crippen LogP contribution in [-0.2, 0) is 12.6 Å². The van der Waals surface area contributed by atoms with E-state index in [0.717, 1.165) is 6.07 Å². The number of alkyl halides is 3. The second-order valence-corrected chi connectivity index (χ2v) is 3.80. The standard InChI is InChI=1S/C11H9F3N4O/c12-11(13,14)7-4-2-1-3-6(7)5-8-16-10(9(15)19)18-17-8/h1-4H,5H2,(H2,15,19)(H,16,17,18). The van der Waals surface area contributed by atoms with E-state index in [4.69, 9.17) is 5.73 Å². The van der Waals surface area contributed by atoms with Crippen molar-refractivity contribution in [3.8, 4) is 0 Å². The molecule has 0 unspecified atom stereocenters.